The van der Waals surface area contributed by atoms with E-state index in [9.17, 15) is 5.26 Å². The van der Waals surface area contributed by atoms with Crippen LogP contribution in [0, 0.1) is 18.3 Å². The van der Waals surface area contributed by atoms with Crippen LogP contribution in [-0.4, -0.2) is 9.97 Å². The van der Waals surface area contributed by atoms with Gasteiger partial charge in [-0.1, -0.05) is 12.1 Å². The van der Waals surface area contributed by atoms with Crippen LogP contribution < -0.4 is 10.1 Å². The fourth-order valence-corrected chi connectivity index (χ4v) is 2.05. The van der Waals surface area contributed by atoms with Crippen molar-refractivity contribution in [3.05, 3.63) is 52.9 Å². The smallest absolute Gasteiger partial charge is 0.222 e. The van der Waals surface area contributed by atoms with E-state index in [1.54, 1.807) is 6.20 Å². The Morgan fingerprint density at radius 1 is 1.40 bits per heavy atom. The van der Waals surface area contributed by atoms with Gasteiger partial charge in [0.1, 0.15) is 11.6 Å². The van der Waals surface area contributed by atoms with Crippen LogP contribution in [0.3, 0.4) is 0 Å². The van der Waals surface area contributed by atoms with Crippen molar-refractivity contribution in [2.45, 2.75) is 6.92 Å². The van der Waals surface area contributed by atoms with Crippen molar-refractivity contribution in [2.24, 2.45) is 0 Å². The zero-order valence-corrected chi connectivity index (χ0v) is 11.3. The summed E-state index contributed by atoms with van der Waals surface area (Å²) in [5.74, 6) is 1.03. The first kappa shape index (κ1) is 12.5. The Kier molecular flexibility index (Phi) is 3.01. The number of hydrogen-bond donors (Lipinski definition) is 1. The lowest BCUT2D eigenvalue weighted by Gasteiger charge is -2.06. The highest BCUT2D eigenvalue weighted by molar-refractivity contribution is 6.28. The molecule has 1 aliphatic rings. The van der Waals surface area contributed by atoms with E-state index in [4.69, 9.17) is 16.3 Å². The predicted octanol–water partition coefficient (Wildman–Crippen LogP) is 3.14. The zero-order chi connectivity index (χ0) is 14.1. The third kappa shape index (κ3) is 2.06. The van der Waals surface area contributed by atoms with Gasteiger partial charge in [-0.2, -0.15) is 5.26 Å². The van der Waals surface area contributed by atoms with Gasteiger partial charge >= 0.3 is 0 Å². The number of nitrogens with one attached hydrogen (secondary N) is 1. The normalized spacial score (nSPS) is 14.8. The number of nitriles is 1. The highest BCUT2D eigenvalue weighted by Crippen LogP contribution is 2.35. The SMILES string of the molecule is Cc1cnc(Cl)nc1C(C#N)=C1Nc2ccccc2O1. The van der Waals surface area contributed by atoms with Gasteiger partial charge in [0.05, 0.1) is 11.4 Å². The molecule has 0 unspecified atom stereocenters. The van der Waals surface area contributed by atoms with Crippen molar-refractivity contribution in [2.75, 3.05) is 5.32 Å². The molecule has 0 aliphatic carbocycles. The van der Waals surface area contributed by atoms with Gasteiger partial charge < -0.3 is 10.1 Å². The number of hydrogen-bond acceptors (Lipinski definition) is 5. The maximum Gasteiger partial charge on any atom is 0.222 e. The predicted molar refractivity (Wildman–Crippen MR) is 75.0 cm³/mol. The van der Waals surface area contributed by atoms with E-state index in [2.05, 4.69) is 21.4 Å². The van der Waals surface area contributed by atoms with Crippen LogP contribution in [0.2, 0.25) is 5.28 Å². The molecule has 98 valence electrons. The van der Waals surface area contributed by atoms with Crippen LogP contribution in [0.1, 0.15) is 11.3 Å². The van der Waals surface area contributed by atoms with Crippen LogP contribution in [0.4, 0.5) is 5.69 Å². The molecule has 1 N–H and O–H groups in total. The molecule has 0 radical (unpaired) electrons. The molecule has 0 amide bonds. The maximum atomic E-state index is 9.40. The van der Waals surface area contributed by atoms with Gasteiger partial charge in [0.2, 0.25) is 11.2 Å². The van der Waals surface area contributed by atoms with Gasteiger partial charge in [-0.3, -0.25) is 0 Å². The number of anilines is 1. The van der Waals surface area contributed by atoms with Crippen LogP contribution in [-0.2, 0) is 0 Å². The molecule has 1 aromatic carbocycles. The van der Waals surface area contributed by atoms with Gasteiger partial charge in [-0.05, 0) is 36.2 Å². The van der Waals surface area contributed by atoms with Gasteiger partial charge in [0.25, 0.3) is 0 Å². The number of ether oxygens (including phenoxy) is 1. The molecule has 0 spiro atoms. The highest BCUT2D eigenvalue weighted by atomic mass is 35.5. The Hall–Kier alpha value is -2.58. The van der Waals surface area contributed by atoms with Gasteiger partial charge in [0.15, 0.2) is 5.75 Å². The molecule has 0 fully saturated rings. The molecule has 2 heterocycles. The van der Waals surface area contributed by atoms with E-state index in [1.807, 2.05) is 31.2 Å². The fraction of sp³-hybridized carbons (Fsp3) is 0.0714. The van der Waals surface area contributed by atoms with E-state index >= 15 is 0 Å². The first-order chi connectivity index (χ1) is 9.69. The molecule has 0 atom stereocenters. The Bertz CT molecular complexity index is 737. The van der Waals surface area contributed by atoms with E-state index in [0.717, 1.165) is 11.3 Å². The number of nitrogens with zero attached hydrogens (tertiary/aromatic N) is 3. The first-order valence-corrected chi connectivity index (χ1v) is 6.24. The van der Waals surface area contributed by atoms with Crippen molar-refractivity contribution in [1.82, 2.24) is 9.97 Å². The summed E-state index contributed by atoms with van der Waals surface area (Å²) in [6, 6.07) is 9.55. The van der Waals surface area contributed by atoms with E-state index in [-0.39, 0.29) is 5.28 Å². The summed E-state index contributed by atoms with van der Waals surface area (Å²) in [5.41, 5.74) is 2.32. The number of para-hydroxylation sites is 2. The van der Waals surface area contributed by atoms with Crippen molar-refractivity contribution in [3.63, 3.8) is 0 Å². The monoisotopic (exact) mass is 284 g/mol. The van der Waals surface area contributed by atoms with E-state index in [1.165, 1.54) is 0 Å². The largest absolute Gasteiger partial charge is 0.437 e. The summed E-state index contributed by atoms with van der Waals surface area (Å²) < 4.78 is 5.65. The van der Waals surface area contributed by atoms with Crippen LogP contribution in [0.25, 0.3) is 5.57 Å². The van der Waals surface area contributed by atoms with Crippen LogP contribution >= 0.6 is 11.6 Å². The molecule has 3 rings (SSSR count). The lowest BCUT2D eigenvalue weighted by atomic mass is 10.1. The van der Waals surface area contributed by atoms with E-state index in [0.29, 0.717) is 22.9 Å². The van der Waals surface area contributed by atoms with Gasteiger partial charge in [-0.15, -0.1) is 0 Å². The third-order valence-electron chi connectivity index (χ3n) is 2.87. The number of rotatable bonds is 1. The zero-order valence-electron chi connectivity index (χ0n) is 10.5. The Morgan fingerprint density at radius 2 is 2.20 bits per heavy atom. The van der Waals surface area contributed by atoms with Gasteiger partial charge in [0, 0.05) is 6.20 Å². The second kappa shape index (κ2) is 4.83. The minimum Gasteiger partial charge on any atom is -0.437 e. The van der Waals surface area contributed by atoms with Crippen molar-refractivity contribution >= 4 is 22.9 Å². The van der Waals surface area contributed by atoms with Crippen LogP contribution in [0.15, 0.2) is 36.3 Å². The minimum absolute atomic E-state index is 0.0921. The van der Waals surface area contributed by atoms with Gasteiger partial charge in [-0.25, -0.2) is 9.97 Å². The molecule has 0 bridgehead atoms. The number of halogens is 1. The topological polar surface area (TPSA) is 70.8 Å². The molecular weight excluding hydrogens is 276 g/mol. The standard InChI is InChI=1S/C14H9ClN4O/c1-8-7-17-14(15)19-12(8)9(6-16)13-18-10-4-2-3-5-11(10)20-13/h2-5,7,18H,1H3. The Labute approximate surface area is 120 Å². The Balaban J connectivity index is 2.10. The maximum absolute atomic E-state index is 9.40. The fourth-order valence-electron chi connectivity index (χ4n) is 1.92. The third-order valence-corrected chi connectivity index (χ3v) is 3.05. The molecule has 0 saturated carbocycles. The quantitative estimate of drug-likeness (QED) is 0.643. The van der Waals surface area contributed by atoms with E-state index < -0.39 is 0 Å². The average Bonchev–Trinajstić information content (AvgIpc) is 2.87. The molecule has 5 nitrogen and oxygen atoms in total. The molecule has 0 saturated heterocycles. The second-order valence-electron chi connectivity index (χ2n) is 4.21. The first-order valence-electron chi connectivity index (χ1n) is 5.87. The lowest BCUT2D eigenvalue weighted by molar-refractivity contribution is 0.460. The molecular formula is C14H9ClN4O. The second-order valence-corrected chi connectivity index (χ2v) is 4.55. The summed E-state index contributed by atoms with van der Waals surface area (Å²) in [5, 5.41) is 12.6. The number of allylic oxidation sites excluding steroid dienone is 1. The molecule has 1 aromatic heterocycles. The summed E-state index contributed by atoms with van der Waals surface area (Å²) in [6.07, 6.45) is 1.57. The lowest BCUT2D eigenvalue weighted by Crippen LogP contribution is -2.05. The number of aromatic nitrogens is 2. The van der Waals surface area contributed by atoms with Crippen molar-refractivity contribution < 1.29 is 4.74 Å². The average molecular weight is 285 g/mol. The molecule has 2 aromatic rings. The summed E-state index contributed by atoms with van der Waals surface area (Å²) >= 11 is 5.80. The Morgan fingerprint density at radius 3 is 2.95 bits per heavy atom. The minimum atomic E-state index is 0.0921. The highest BCUT2D eigenvalue weighted by Gasteiger charge is 2.22. The molecule has 20 heavy (non-hydrogen) atoms. The van der Waals surface area contributed by atoms with Crippen LogP contribution in [0.5, 0.6) is 5.75 Å². The summed E-state index contributed by atoms with van der Waals surface area (Å²) in [7, 11) is 0. The molecule has 6 heteroatoms. The number of aryl methyl sites for hydroxylation is 1. The molecule has 1 aliphatic heterocycles. The summed E-state index contributed by atoms with van der Waals surface area (Å²) in [6.45, 7) is 1.81. The van der Waals surface area contributed by atoms with Crippen molar-refractivity contribution in [1.29, 1.82) is 5.26 Å². The number of fused-ring (bicyclic) bond motifs is 1. The summed E-state index contributed by atoms with van der Waals surface area (Å²) in [4.78, 5) is 7.99. The van der Waals surface area contributed by atoms with Crippen molar-refractivity contribution in [3.8, 4) is 11.8 Å². The number of benzene rings is 1.